The molecule has 2 bridgehead atoms. The zero-order chi connectivity index (χ0) is 17.4. The van der Waals surface area contributed by atoms with Crippen molar-refractivity contribution in [3.63, 3.8) is 0 Å². The van der Waals surface area contributed by atoms with Crippen LogP contribution in [0.2, 0.25) is 0 Å². The number of ether oxygens (including phenoxy) is 3. The molecule has 2 atom stereocenters. The van der Waals surface area contributed by atoms with Crippen LogP contribution in [0.1, 0.15) is 65.7 Å². The smallest absolute Gasteiger partial charge is 0.410 e. The molecule has 3 saturated heterocycles. The van der Waals surface area contributed by atoms with Gasteiger partial charge in [-0.15, -0.1) is 0 Å². The molecular weight excluding hydrogens is 310 g/mol. The molecule has 24 heavy (non-hydrogen) atoms. The van der Waals surface area contributed by atoms with Crippen LogP contribution in [0, 0.1) is 0 Å². The normalized spacial score (nSPS) is 34.4. The molecule has 1 amide bonds. The maximum Gasteiger partial charge on any atom is 0.410 e. The summed E-state index contributed by atoms with van der Waals surface area (Å²) < 4.78 is 16.7. The van der Waals surface area contributed by atoms with E-state index < -0.39 is 11.2 Å². The van der Waals surface area contributed by atoms with Gasteiger partial charge in [-0.2, -0.15) is 0 Å². The fourth-order valence-electron chi connectivity index (χ4n) is 4.23. The lowest BCUT2D eigenvalue weighted by Gasteiger charge is -2.44. The van der Waals surface area contributed by atoms with Gasteiger partial charge in [0.25, 0.3) is 0 Å². The zero-order valence-electron chi connectivity index (χ0n) is 15.1. The summed E-state index contributed by atoms with van der Waals surface area (Å²) in [5, 5.41) is 11.0. The Hall–Kier alpha value is -0.850. The predicted molar refractivity (Wildman–Crippen MR) is 88.6 cm³/mol. The van der Waals surface area contributed by atoms with Gasteiger partial charge >= 0.3 is 6.09 Å². The molecule has 6 nitrogen and oxygen atoms in total. The number of fused-ring (bicyclic) bond motifs is 2. The number of carbonyl (C=O) groups excluding carboxylic acids is 1. The SMILES string of the molecule is CC(C)(C)OC(=O)N1C2CCC1CC(O)(CCC1OCCCO1)C2. The van der Waals surface area contributed by atoms with Crippen molar-refractivity contribution in [1.29, 1.82) is 0 Å². The lowest BCUT2D eigenvalue weighted by Crippen LogP contribution is -2.54. The number of hydrogen-bond donors (Lipinski definition) is 1. The zero-order valence-corrected chi connectivity index (χ0v) is 15.1. The Morgan fingerprint density at radius 3 is 2.33 bits per heavy atom. The molecule has 0 radical (unpaired) electrons. The van der Waals surface area contributed by atoms with E-state index in [1.165, 1.54) is 0 Å². The summed E-state index contributed by atoms with van der Waals surface area (Å²) in [5.41, 5.74) is -1.21. The lowest BCUT2D eigenvalue weighted by atomic mass is 9.82. The van der Waals surface area contributed by atoms with Gasteiger partial charge in [-0.3, -0.25) is 0 Å². The van der Waals surface area contributed by atoms with Gasteiger partial charge in [-0.25, -0.2) is 4.79 Å². The molecule has 2 unspecified atom stereocenters. The number of aliphatic hydroxyl groups is 1. The number of rotatable bonds is 3. The number of hydrogen-bond acceptors (Lipinski definition) is 5. The van der Waals surface area contributed by atoms with Crippen LogP contribution in [0.5, 0.6) is 0 Å². The second-order valence-corrected chi connectivity index (χ2v) is 8.47. The van der Waals surface area contributed by atoms with Crippen molar-refractivity contribution >= 4 is 6.09 Å². The predicted octanol–water partition coefficient (Wildman–Crippen LogP) is 2.82. The van der Waals surface area contributed by atoms with Gasteiger partial charge in [0.15, 0.2) is 6.29 Å². The van der Waals surface area contributed by atoms with Crippen molar-refractivity contribution in [2.24, 2.45) is 0 Å². The highest BCUT2D eigenvalue weighted by Crippen LogP contribution is 2.43. The number of carbonyl (C=O) groups is 1. The summed E-state index contributed by atoms with van der Waals surface area (Å²) in [6.45, 7) is 7.13. The van der Waals surface area contributed by atoms with E-state index in [2.05, 4.69) is 0 Å². The third-order valence-electron chi connectivity index (χ3n) is 5.20. The minimum Gasteiger partial charge on any atom is -0.444 e. The maximum atomic E-state index is 12.5. The molecule has 0 aromatic rings. The summed E-state index contributed by atoms with van der Waals surface area (Å²) in [6.07, 6.45) is 5.02. The van der Waals surface area contributed by atoms with Crippen LogP contribution < -0.4 is 0 Å². The van der Waals surface area contributed by atoms with Gasteiger partial charge in [-0.1, -0.05) is 0 Å². The van der Waals surface area contributed by atoms with Gasteiger partial charge in [-0.05, 0) is 59.3 Å². The molecule has 0 saturated carbocycles. The molecule has 0 spiro atoms. The van der Waals surface area contributed by atoms with E-state index in [0.29, 0.717) is 25.7 Å². The van der Waals surface area contributed by atoms with Crippen LogP contribution in [0.4, 0.5) is 4.79 Å². The summed E-state index contributed by atoms with van der Waals surface area (Å²) in [7, 11) is 0. The average molecular weight is 341 g/mol. The second kappa shape index (κ2) is 6.81. The van der Waals surface area contributed by atoms with Crippen molar-refractivity contribution in [3.05, 3.63) is 0 Å². The van der Waals surface area contributed by atoms with E-state index in [1.807, 2.05) is 25.7 Å². The van der Waals surface area contributed by atoms with E-state index in [1.54, 1.807) is 0 Å². The summed E-state index contributed by atoms with van der Waals surface area (Å²) in [4.78, 5) is 14.3. The molecule has 0 aromatic heterocycles. The minimum absolute atomic E-state index is 0.0804. The van der Waals surface area contributed by atoms with Crippen LogP contribution >= 0.6 is 0 Å². The first-order valence-corrected chi connectivity index (χ1v) is 9.23. The molecular formula is C18H31NO5. The molecule has 1 N–H and O–H groups in total. The molecule has 3 fully saturated rings. The van der Waals surface area contributed by atoms with Crippen molar-refractivity contribution in [2.45, 2.75) is 95.3 Å². The molecule has 3 rings (SSSR count). The van der Waals surface area contributed by atoms with Crippen LogP contribution in [-0.2, 0) is 14.2 Å². The first-order valence-electron chi connectivity index (χ1n) is 9.23. The molecule has 3 aliphatic rings. The Bertz CT molecular complexity index is 441. The van der Waals surface area contributed by atoms with Gasteiger partial charge in [0, 0.05) is 18.5 Å². The topological polar surface area (TPSA) is 68.2 Å². The fourth-order valence-corrected chi connectivity index (χ4v) is 4.23. The number of piperidine rings is 1. The molecule has 6 heteroatoms. The highest BCUT2D eigenvalue weighted by atomic mass is 16.7. The van der Waals surface area contributed by atoms with E-state index in [9.17, 15) is 9.90 Å². The maximum absolute atomic E-state index is 12.5. The number of nitrogens with zero attached hydrogens (tertiary/aromatic N) is 1. The highest BCUT2D eigenvalue weighted by molar-refractivity contribution is 5.69. The van der Waals surface area contributed by atoms with Crippen LogP contribution in [0.3, 0.4) is 0 Å². The molecule has 0 aromatic carbocycles. The van der Waals surface area contributed by atoms with Crippen molar-refractivity contribution in [3.8, 4) is 0 Å². The minimum atomic E-state index is -0.728. The number of amides is 1. The first-order chi connectivity index (χ1) is 11.3. The fraction of sp³-hybridized carbons (Fsp3) is 0.944. The van der Waals surface area contributed by atoms with Gasteiger partial charge in [0.2, 0.25) is 0 Å². The quantitative estimate of drug-likeness (QED) is 0.855. The Morgan fingerprint density at radius 2 is 1.79 bits per heavy atom. The molecule has 0 aliphatic carbocycles. The Morgan fingerprint density at radius 1 is 1.21 bits per heavy atom. The summed E-state index contributed by atoms with van der Waals surface area (Å²) in [6, 6.07) is 0.161. The largest absolute Gasteiger partial charge is 0.444 e. The summed E-state index contributed by atoms with van der Waals surface area (Å²) in [5.74, 6) is 0. The van der Waals surface area contributed by atoms with Crippen molar-refractivity contribution in [1.82, 2.24) is 4.90 Å². The van der Waals surface area contributed by atoms with E-state index in [-0.39, 0.29) is 24.5 Å². The van der Waals surface area contributed by atoms with Crippen LogP contribution in [0.15, 0.2) is 0 Å². The lowest BCUT2D eigenvalue weighted by molar-refractivity contribution is -0.189. The van der Waals surface area contributed by atoms with Crippen molar-refractivity contribution < 1.29 is 24.1 Å². The monoisotopic (exact) mass is 341 g/mol. The average Bonchev–Trinajstić information content (AvgIpc) is 2.78. The third kappa shape index (κ3) is 4.21. The summed E-state index contributed by atoms with van der Waals surface area (Å²) >= 11 is 0. The Balaban J connectivity index is 1.56. The standard InChI is InChI=1S/C18H31NO5/c1-17(2,3)24-16(20)19-13-5-6-14(19)12-18(21,11-13)8-7-15-22-9-4-10-23-15/h13-15,21H,4-12H2,1-3H3. The van der Waals surface area contributed by atoms with E-state index in [4.69, 9.17) is 14.2 Å². The van der Waals surface area contributed by atoms with E-state index >= 15 is 0 Å². The highest BCUT2D eigenvalue weighted by Gasteiger charge is 2.50. The van der Waals surface area contributed by atoms with E-state index in [0.717, 1.165) is 32.5 Å². The van der Waals surface area contributed by atoms with Gasteiger partial charge in [0.1, 0.15) is 5.60 Å². The molecule has 138 valence electrons. The third-order valence-corrected chi connectivity index (χ3v) is 5.20. The van der Waals surface area contributed by atoms with Gasteiger partial charge in [0.05, 0.1) is 18.8 Å². The molecule has 3 heterocycles. The molecule has 3 aliphatic heterocycles. The van der Waals surface area contributed by atoms with Gasteiger partial charge < -0.3 is 24.2 Å². The van der Waals surface area contributed by atoms with Crippen LogP contribution in [-0.4, -0.2) is 58.9 Å². The Kier molecular flexibility index (Phi) is 5.09. The first kappa shape index (κ1) is 18.0. The second-order valence-electron chi connectivity index (χ2n) is 8.47. The van der Waals surface area contributed by atoms with Crippen LogP contribution in [0.25, 0.3) is 0 Å². The Labute approximate surface area is 144 Å². The van der Waals surface area contributed by atoms with Crippen molar-refractivity contribution in [2.75, 3.05) is 13.2 Å².